The highest BCUT2D eigenvalue weighted by Crippen LogP contribution is 2.28. The molecule has 0 unspecified atom stereocenters. The van der Waals surface area contributed by atoms with E-state index in [-0.39, 0.29) is 25.1 Å². The molecule has 0 fully saturated rings. The first-order valence-corrected chi connectivity index (χ1v) is 11.4. The van der Waals surface area contributed by atoms with Crippen LogP contribution in [0.25, 0.3) is 5.69 Å². The molecule has 1 N–H and O–H groups in total. The summed E-state index contributed by atoms with van der Waals surface area (Å²) in [6.45, 7) is -0.170. The first-order chi connectivity index (χ1) is 16.1. The monoisotopic (exact) mass is 496 g/mol. The van der Waals surface area contributed by atoms with E-state index in [1.54, 1.807) is 18.2 Å². The minimum atomic E-state index is -4.27. The van der Waals surface area contributed by atoms with Crippen LogP contribution in [0.4, 0.5) is 14.5 Å². The molecule has 0 atom stereocenters. The summed E-state index contributed by atoms with van der Waals surface area (Å²) >= 11 is 0. The van der Waals surface area contributed by atoms with E-state index in [4.69, 9.17) is 9.47 Å². The Morgan fingerprint density at radius 2 is 1.94 bits per heavy atom. The van der Waals surface area contributed by atoms with Crippen LogP contribution in [0.3, 0.4) is 0 Å². The Morgan fingerprint density at radius 3 is 2.59 bits per heavy atom. The van der Waals surface area contributed by atoms with Gasteiger partial charge in [0.1, 0.15) is 16.4 Å². The molecule has 3 rings (SSSR count). The maximum absolute atomic E-state index is 13.2. The van der Waals surface area contributed by atoms with Crippen LogP contribution in [-0.2, 0) is 23.0 Å². The predicted octanol–water partition coefficient (Wildman–Crippen LogP) is 3.47. The number of alkyl halides is 2. The van der Waals surface area contributed by atoms with Crippen molar-refractivity contribution in [3.05, 3.63) is 70.0 Å². The zero-order chi connectivity index (χ0) is 24.9. The van der Waals surface area contributed by atoms with E-state index in [9.17, 15) is 27.3 Å². The van der Waals surface area contributed by atoms with E-state index in [0.717, 1.165) is 12.1 Å². The quantitative estimate of drug-likeness (QED) is 0.318. The molecule has 0 saturated heterocycles. The van der Waals surface area contributed by atoms with Crippen molar-refractivity contribution in [3.8, 4) is 17.2 Å². The van der Waals surface area contributed by atoms with Crippen LogP contribution in [0, 0.1) is 10.1 Å². The van der Waals surface area contributed by atoms with Gasteiger partial charge >= 0.3 is 0 Å². The summed E-state index contributed by atoms with van der Waals surface area (Å²) in [5.41, 5.74) is 0.574. The van der Waals surface area contributed by atoms with E-state index in [1.165, 1.54) is 37.4 Å². The number of nitrogens with zero attached hydrogens (tertiary/aromatic N) is 3. The molecule has 1 heterocycles. The van der Waals surface area contributed by atoms with Gasteiger partial charge in [-0.2, -0.15) is 5.10 Å². The smallest absolute Gasteiger partial charge is 0.270 e. The van der Waals surface area contributed by atoms with E-state index >= 15 is 0 Å². The second kappa shape index (κ2) is 10.6. The fourth-order valence-electron chi connectivity index (χ4n) is 3.17. The summed E-state index contributed by atoms with van der Waals surface area (Å²) in [6.07, 6.45) is -0.0620. The van der Waals surface area contributed by atoms with Gasteiger partial charge in [-0.15, -0.1) is 0 Å². The molecule has 13 heteroatoms. The number of hydrogen-bond acceptors (Lipinski definition) is 7. The Labute approximate surface area is 194 Å². The van der Waals surface area contributed by atoms with Crippen molar-refractivity contribution in [3.63, 3.8) is 0 Å². The predicted molar refractivity (Wildman–Crippen MR) is 118 cm³/mol. The number of benzene rings is 2. The second-order valence-corrected chi connectivity index (χ2v) is 8.87. The van der Waals surface area contributed by atoms with Crippen LogP contribution >= 0.6 is 0 Å². The first-order valence-electron chi connectivity index (χ1n) is 9.95. The summed E-state index contributed by atoms with van der Waals surface area (Å²) in [7, 11) is -1.37. The number of nitro groups is 1. The van der Waals surface area contributed by atoms with Crippen LogP contribution in [0.5, 0.6) is 11.5 Å². The lowest BCUT2D eigenvalue weighted by Gasteiger charge is -2.14. The fourth-order valence-corrected chi connectivity index (χ4v) is 4.38. The summed E-state index contributed by atoms with van der Waals surface area (Å²) in [5.74, 6) is 0.905. The highest BCUT2D eigenvalue weighted by molar-refractivity contribution is 7.89. The maximum atomic E-state index is 13.2. The van der Waals surface area contributed by atoms with Gasteiger partial charge in [-0.25, -0.2) is 26.6 Å². The Morgan fingerprint density at radius 1 is 1.18 bits per heavy atom. The molecular formula is C21H22F2N4O6S. The topological polar surface area (TPSA) is 126 Å². The standard InChI is InChI=1S/C21H22F2N4O6S/c1-32-17-6-4-15(19(10-17)33-2)12-25-34(30,31)20-9-16(27(28)29)5-7-18(20)26-13-14(11-24-26)3-8-21(22)23/h4-7,9-11,13,21,25H,3,8,12H2,1-2H3. The van der Waals surface area contributed by atoms with Crippen molar-refractivity contribution in [1.82, 2.24) is 14.5 Å². The molecule has 0 bridgehead atoms. The highest BCUT2D eigenvalue weighted by atomic mass is 32.2. The molecule has 0 aliphatic rings. The molecule has 3 aromatic rings. The van der Waals surface area contributed by atoms with Crippen LogP contribution in [0.1, 0.15) is 17.5 Å². The number of non-ortho nitro benzene ring substituents is 1. The molecule has 34 heavy (non-hydrogen) atoms. The van der Waals surface area contributed by atoms with Crippen molar-refractivity contribution < 1.29 is 31.6 Å². The van der Waals surface area contributed by atoms with E-state index in [0.29, 0.717) is 22.6 Å². The maximum Gasteiger partial charge on any atom is 0.270 e. The summed E-state index contributed by atoms with van der Waals surface area (Å²) < 4.78 is 65.4. The van der Waals surface area contributed by atoms with E-state index in [1.807, 2.05) is 0 Å². The van der Waals surface area contributed by atoms with Gasteiger partial charge in [-0.3, -0.25) is 10.1 Å². The van der Waals surface area contributed by atoms with Crippen molar-refractivity contribution in [2.75, 3.05) is 14.2 Å². The van der Waals surface area contributed by atoms with E-state index < -0.39 is 32.0 Å². The Balaban J connectivity index is 1.95. The van der Waals surface area contributed by atoms with Gasteiger partial charge in [-0.05, 0) is 24.1 Å². The fraction of sp³-hybridized carbons (Fsp3) is 0.286. The number of nitro benzene ring substituents is 1. The number of rotatable bonds is 11. The molecule has 2 aromatic carbocycles. The largest absolute Gasteiger partial charge is 0.497 e. The third kappa shape index (κ3) is 5.85. The van der Waals surface area contributed by atoms with Crippen LogP contribution in [-0.4, -0.2) is 43.8 Å². The number of aryl methyl sites for hydroxylation is 1. The van der Waals surface area contributed by atoms with Gasteiger partial charge in [0.2, 0.25) is 16.4 Å². The number of sulfonamides is 1. The van der Waals surface area contributed by atoms with Crippen LogP contribution in [0.15, 0.2) is 53.7 Å². The lowest BCUT2D eigenvalue weighted by Crippen LogP contribution is -2.25. The third-order valence-electron chi connectivity index (χ3n) is 4.92. The van der Waals surface area contributed by atoms with E-state index in [2.05, 4.69) is 9.82 Å². The second-order valence-electron chi connectivity index (χ2n) is 7.13. The minimum absolute atomic E-state index is 0.0306. The van der Waals surface area contributed by atoms with Gasteiger partial charge in [0.25, 0.3) is 5.69 Å². The third-order valence-corrected chi connectivity index (χ3v) is 6.36. The average Bonchev–Trinajstić information content (AvgIpc) is 3.29. The number of ether oxygens (including phenoxy) is 2. The summed E-state index contributed by atoms with van der Waals surface area (Å²) in [6, 6.07) is 8.15. The number of aromatic nitrogens is 2. The van der Waals surface area contributed by atoms with Crippen molar-refractivity contribution in [1.29, 1.82) is 0 Å². The number of methoxy groups -OCH3 is 2. The number of hydrogen-bond donors (Lipinski definition) is 1. The SMILES string of the molecule is COc1ccc(CNS(=O)(=O)c2cc([N+](=O)[O-])ccc2-n2cc(CCC(F)F)cn2)c(OC)c1. The summed E-state index contributed by atoms with van der Waals surface area (Å²) in [5, 5.41) is 15.3. The molecule has 182 valence electrons. The molecule has 0 saturated carbocycles. The van der Waals surface area contributed by atoms with Gasteiger partial charge in [0.15, 0.2) is 0 Å². The van der Waals surface area contributed by atoms with Crippen molar-refractivity contribution >= 4 is 15.7 Å². The molecule has 0 radical (unpaired) electrons. The van der Waals surface area contributed by atoms with Gasteiger partial charge in [0.05, 0.1) is 31.0 Å². The van der Waals surface area contributed by atoms with Gasteiger partial charge in [0, 0.05) is 42.9 Å². The van der Waals surface area contributed by atoms with Crippen LogP contribution in [0.2, 0.25) is 0 Å². The lowest BCUT2D eigenvalue weighted by molar-refractivity contribution is -0.385. The Kier molecular flexibility index (Phi) is 7.79. The Bertz CT molecular complexity index is 1280. The van der Waals surface area contributed by atoms with Crippen LogP contribution < -0.4 is 14.2 Å². The first kappa shape index (κ1) is 25.1. The van der Waals surface area contributed by atoms with Crippen molar-refractivity contribution in [2.45, 2.75) is 30.7 Å². The molecular weight excluding hydrogens is 474 g/mol. The van der Waals surface area contributed by atoms with Gasteiger partial charge in [-0.1, -0.05) is 6.07 Å². The molecule has 0 aliphatic carbocycles. The minimum Gasteiger partial charge on any atom is -0.497 e. The molecule has 10 nitrogen and oxygen atoms in total. The average molecular weight is 496 g/mol. The Hall–Kier alpha value is -3.58. The summed E-state index contributed by atoms with van der Waals surface area (Å²) in [4.78, 5) is 10.2. The van der Waals surface area contributed by atoms with Crippen molar-refractivity contribution in [2.24, 2.45) is 0 Å². The molecule has 0 aliphatic heterocycles. The molecule has 1 aromatic heterocycles. The number of halogens is 2. The van der Waals surface area contributed by atoms with Gasteiger partial charge < -0.3 is 9.47 Å². The number of nitrogens with one attached hydrogen (secondary N) is 1. The normalized spacial score (nSPS) is 11.6. The molecule has 0 amide bonds. The zero-order valence-electron chi connectivity index (χ0n) is 18.3. The lowest BCUT2D eigenvalue weighted by atomic mass is 10.2. The zero-order valence-corrected chi connectivity index (χ0v) is 19.1. The molecule has 0 spiro atoms. The highest BCUT2D eigenvalue weighted by Gasteiger charge is 2.24.